The van der Waals surface area contributed by atoms with Crippen molar-refractivity contribution in [2.24, 2.45) is 10.4 Å². The Hall–Kier alpha value is -1.79. The van der Waals surface area contributed by atoms with Crippen molar-refractivity contribution in [3.8, 4) is 0 Å². The molecule has 1 rings (SSSR count). The van der Waals surface area contributed by atoms with Crippen LogP contribution in [0.3, 0.4) is 0 Å². The fourth-order valence-electron chi connectivity index (χ4n) is 0.710. The van der Waals surface area contributed by atoms with E-state index in [1.807, 2.05) is 0 Å². The molecule has 0 aromatic heterocycles. The topological polar surface area (TPSA) is 58.9 Å². The highest BCUT2D eigenvalue weighted by atomic mass is 19.2. The van der Waals surface area contributed by atoms with Crippen LogP contribution in [0.4, 0.5) is 24.5 Å². The van der Waals surface area contributed by atoms with Gasteiger partial charge in [0.15, 0.2) is 17.5 Å². The van der Waals surface area contributed by atoms with Gasteiger partial charge in [-0.1, -0.05) is 0 Å². The third-order valence-electron chi connectivity index (χ3n) is 1.31. The molecule has 0 amide bonds. The number of hydrogen-bond donors (Lipinski definition) is 0. The van der Waals surface area contributed by atoms with Crippen molar-refractivity contribution < 1.29 is 13.2 Å². The fraction of sp³-hybridized carbons (Fsp3) is 0. The van der Waals surface area contributed by atoms with Gasteiger partial charge in [-0.15, -0.1) is 9.81 Å². The van der Waals surface area contributed by atoms with Gasteiger partial charge < -0.3 is 0 Å². The van der Waals surface area contributed by atoms with Crippen LogP contribution < -0.4 is 0 Å². The van der Waals surface area contributed by atoms with E-state index >= 15 is 0 Å². The van der Waals surface area contributed by atoms with Crippen LogP contribution in [0.5, 0.6) is 0 Å². The molecule has 0 fully saturated rings. The molecule has 4 nitrogen and oxygen atoms in total. The molecule has 0 aliphatic carbocycles. The van der Waals surface area contributed by atoms with Crippen LogP contribution in [0.1, 0.15) is 0 Å². The number of halogens is 3. The summed E-state index contributed by atoms with van der Waals surface area (Å²) in [7, 11) is 0. The Kier molecular flexibility index (Phi) is 2.36. The first-order chi connectivity index (χ1) is 6.11. The van der Waals surface area contributed by atoms with Gasteiger partial charge in [0.2, 0.25) is 0 Å². The zero-order valence-corrected chi connectivity index (χ0v) is 5.92. The summed E-state index contributed by atoms with van der Waals surface area (Å²) in [5.74, 6) is -5.41. The van der Waals surface area contributed by atoms with E-state index in [9.17, 15) is 23.0 Å². The third-order valence-corrected chi connectivity index (χ3v) is 1.31. The Morgan fingerprint density at radius 3 is 1.54 bits per heavy atom. The van der Waals surface area contributed by atoms with Crippen molar-refractivity contribution in [3.05, 3.63) is 33.3 Å². The summed E-state index contributed by atoms with van der Waals surface area (Å²) in [4.78, 5) is 19.7. The molecule has 0 unspecified atom stereocenters. The number of nitroso groups, excluding NO2 is 2. The molecule has 1 aromatic carbocycles. The first-order valence-corrected chi connectivity index (χ1v) is 2.96. The Morgan fingerprint density at radius 2 is 1.23 bits per heavy atom. The maximum Gasteiger partial charge on any atom is 0.199 e. The molecule has 0 radical (unpaired) electrons. The molecule has 13 heavy (non-hydrogen) atoms. The Balaban J connectivity index is 3.53. The zero-order chi connectivity index (χ0) is 10.0. The molecule has 0 saturated carbocycles. The van der Waals surface area contributed by atoms with E-state index in [0.29, 0.717) is 6.07 Å². The second-order valence-corrected chi connectivity index (χ2v) is 2.04. The normalized spacial score (nSPS) is 9.77. The van der Waals surface area contributed by atoms with Crippen LogP contribution >= 0.6 is 0 Å². The summed E-state index contributed by atoms with van der Waals surface area (Å²) in [6.45, 7) is 0. The van der Waals surface area contributed by atoms with E-state index in [1.54, 1.807) is 0 Å². The minimum absolute atomic E-state index is 0.424. The molecule has 0 atom stereocenters. The molecule has 0 N–H and O–H groups in total. The van der Waals surface area contributed by atoms with Gasteiger partial charge in [0, 0.05) is 6.07 Å². The largest absolute Gasteiger partial charge is 0.201 e. The van der Waals surface area contributed by atoms with Crippen LogP contribution in [0.2, 0.25) is 0 Å². The van der Waals surface area contributed by atoms with Gasteiger partial charge in [-0.2, -0.15) is 0 Å². The number of rotatable bonds is 2. The minimum atomic E-state index is -1.94. The highest BCUT2D eigenvalue weighted by Gasteiger charge is 2.19. The average Bonchev–Trinajstić information content (AvgIpc) is 2.15. The smallest absolute Gasteiger partial charge is 0.199 e. The van der Waals surface area contributed by atoms with Crippen LogP contribution in [-0.2, 0) is 0 Å². The summed E-state index contributed by atoms with van der Waals surface area (Å²) < 4.78 is 37.5. The van der Waals surface area contributed by atoms with Gasteiger partial charge in [-0.25, -0.2) is 13.2 Å². The Morgan fingerprint density at radius 1 is 0.846 bits per heavy atom. The first kappa shape index (κ1) is 9.30. The molecule has 1 aromatic rings. The molecule has 0 aliphatic rings. The second-order valence-electron chi connectivity index (χ2n) is 2.04. The summed E-state index contributed by atoms with van der Waals surface area (Å²) in [6.07, 6.45) is 0. The predicted octanol–water partition coefficient (Wildman–Crippen LogP) is 2.90. The molecule has 68 valence electrons. The van der Waals surface area contributed by atoms with Crippen molar-refractivity contribution in [3.63, 3.8) is 0 Å². The summed E-state index contributed by atoms with van der Waals surface area (Å²) in [5, 5.41) is 4.10. The van der Waals surface area contributed by atoms with Gasteiger partial charge in [0.05, 0.1) is 0 Å². The lowest BCUT2D eigenvalue weighted by Crippen LogP contribution is -1.90. The molecular weight excluding hydrogens is 189 g/mol. The lowest BCUT2D eigenvalue weighted by molar-refractivity contribution is 0.450. The molecule has 7 heteroatoms. The molecular formula is C6HF3N2O2. The quantitative estimate of drug-likeness (QED) is 0.531. The number of hydrogen-bond acceptors (Lipinski definition) is 4. The van der Waals surface area contributed by atoms with E-state index in [2.05, 4.69) is 10.4 Å². The highest BCUT2D eigenvalue weighted by Crippen LogP contribution is 2.30. The van der Waals surface area contributed by atoms with Crippen molar-refractivity contribution in [1.82, 2.24) is 0 Å². The lowest BCUT2D eigenvalue weighted by atomic mass is 10.2. The molecule has 0 aliphatic heterocycles. The van der Waals surface area contributed by atoms with E-state index in [0.717, 1.165) is 0 Å². The third kappa shape index (κ3) is 1.40. The van der Waals surface area contributed by atoms with Crippen LogP contribution in [0, 0.1) is 27.3 Å². The molecule has 0 saturated heterocycles. The molecule has 0 heterocycles. The van der Waals surface area contributed by atoms with E-state index in [1.165, 1.54) is 0 Å². The zero-order valence-electron chi connectivity index (χ0n) is 5.92. The SMILES string of the molecule is O=Nc1cc(N=O)c(F)c(F)c1F. The van der Waals surface area contributed by atoms with Crippen molar-refractivity contribution >= 4 is 11.4 Å². The lowest BCUT2D eigenvalue weighted by Gasteiger charge is -1.98. The van der Waals surface area contributed by atoms with Crippen molar-refractivity contribution in [2.75, 3.05) is 0 Å². The molecule has 0 spiro atoms. The summed E-state index contributed by atoms with van der Waals surface area (Å²) in [5.41, 5.74) is -1.98. The van der Waals surface area contributed by atoms with E-state index < -0.39 is 28.8 Å². The number of nitrogens with zero attached hydrogens (tertiary/aromatic N) is 2. The Labute approximate surface area is 69.3 Å². The predicted molar refractivity (Wildman–Crippen MR) is 37.2 cm³/mol. The van der Waals surface area contributed by atoms with Crippen LogP contribution in [-0.4, -0.2) is 0 Å². The first-order valence-electron chi connectivity index (χ1n) is 2.96. The van der Waals surface area contributed by atoms with Crippen LogP contribution in [0.25, 0.3) is 0 Å². The van der Waals surface area contributed by atoms with Crippen molar-refractivity contribution in [1.29, 1.82) is 0 Å². The Bertz CT molecular complexity index is 348. The number of benzene rings is 1. The van der Waals surface area contributed by atoms with Gasteiger partial charge in [0.1, 0.15) is 11.4 Å². The second kappa shape index (κ2) is 3.30. The molecule has 0 bridgehead atoms. The van der Waals surface area contributed by atoms with E-state index in [4.69, 9.17) is 0 Å². The summed E-state index contributed by atoms with van der Waals surface area (Å²) in [6, 6.07) is 0.424. The van der Waals surface area contributed by atoms with Gasteiger partial charge in [0.25, 0.3) is 0 Å². The monoisotopic (exact) mass is 190 g/mol. The van der Waals surface area contributed by atoms with E-state index in [-0.39, 0.29) is 0 Å². The van der Waals surface area contributed by atoms with Gasteiger partial charge in [-0.05, 0) is 10.4 Å². The highest BCUT2D eigenvalue weighted by molar-refractivity contribution is 5.52. The maximum absolute atomic E-state index is 12.5. The van der Waals surface area contributed by atoms with Crippen molar-refractivity contribution in [2.45, 2.75) is 0 Å². The maximum atomic E-state index is 12.5. The fourth-order valence-corrected chi connectivity index (χ4v) is 0.710. The summed E-state index contributed by atoms with van der Waals surface area (Å²) >= 11 is 0. The van der Waals surface area contributed by atoms with Gasteiger partial charge >= 0.3 is 0 Å². The minimum Gasteiger partial charge on any atom is -0.201 e. The van der Waals surface area contributed by atoms with Gasteiger partial charge in [-0.3, -0.25) is 0 Å². The van der Waals surface area contributed by atoms with Crippen LogP contribution in [0.15, 0.2) is 16.4 Å². The standard InChI is InChI=1S/C6HF3N2O2/c7-4-2(10-12)1-3(11-13)5(8)6(4)9/h1H. The average molecular weight is 190 g/mol.